The number of hydrogen-bond acceptors (Lipinski definition) is 3. The maximum atomic E-state index is 12.4. The maximum absolute atomic E-state index is 12.4. The molecule has 5 heteroatoms. The predicted octanol–water partition coefficient (Wildman–Crippen LogP) is 4.08. The number of para-hydroxylation sites is 1. The molecule has 0 saturated carbocycles. The fraction of sp³-hybridized carbons (Fsp3) is 0.300. The smallest absolute Gasteiger partial charge is 0.265 e. The van der Waals surface area contributed by atoms with Crippen LogP contribution in [0.15, 0.2) is 54.6 Å². The first-order valence-corrected chi connectivity index (χ1v) is 8.43. The number of anilines is 2. The SMILES string of the molecule is CC[C@H](Oc1ccccc1)C(=O)Nc1ccc(NC(=O)C(C)C)cc1. The molecule has 25 heavy (non-hydrogen) atoms. The number of carbonyl (C=O) groups is 2. The second kappa shape index (κ2) is 8.87. The summed E-state index contributed by atoms with van der Waals surface area (Å²) >= 11 is 0. The second-order valence-corrected chi connectivity index (χ2v) is 6.04. The summed E-state index contributed by atoms with van der Waals surface area (Å²) in [7, 11) is 0. The van der Waals surface area contributed by atoms with Gasteiger partial charge in [-0.25, -0.2) is 0 Å². The van der Waals surface area contributed by atoms with Gasteiger partial charge in [-0.1, -0.05) is 39.0 Å². The van der Waals surface area contributed by atoms with Crippen LogP contribution in [0.2, 0.25) is 0 Å². The highest BCUT2D eigenvalue weighted by Gasteiger charge is 2.18. The van der Waals surface area contributed by atoms with E-state index < -0.39 is 6.10 Å². The molecule has 2 N–H and O–H groups in total. The van der Waals surface area contributed by atoms with Gasteiger partial charge in [0.05, 0.1) is 0 Å². The van der Waals surface area contributed by atoms with Crippen LogP contribution in [0.25, 0.3) is 0 Å². The van der Waals surface area contributed by atoms with Crippen LogP contribution in [-0.2, 0) is 9.59 Å². The Labute approximate surface area is 148 Å². The van der Waals surface area contributed by atoms with Crippen LogP contribution >= 0.6 is 0 Å². The Kier molecular flexibility index (Phi) is 6.57. The van der Waals surface area contributed by atoms with Crippen molar-refractivity contribution in [3.05, 3.63) is 54.6 Å². The zero-order valence-corrected chi connectivity index (χ0v) is 14.8. The number of amides is 2. The molecule has 0 aliphatic heterocycles. The van der Waals surface area contributed by atoms with E-state index in [1.165, 1.54) is 0 Å². The van der Waals surface area contributed by atoms with Crippen LogP contribution in [0, 0.1) is 5.92 Å². The molecular weight excluding hydrogens is 316 g/mol. The summed E-state index contributed by atoms with van der Waals surface area (Å²) in [5.41, 5.74) is 1.35. The first-order valence-electron chi connectivity index (χ1n) is 8.43. The minimum absolute atomic E-state index is 0.0425. The van der Waals surface area contributed by atoms with E-state index in [-0.39, 0.29) is 17.7 Å². The molecule has 0 aliphatic carbocycles. The highest BCUT2D eigenvalue weighted by molar-refractivity contribution is 5.95. The third-order valence-electron chi connectivity index (χ3n) is 3.63. The Balaban J connectivity index is 1.95. The van der Waals surface area contributed by atoms with Gasteiger partial charge in [0.1, 0.15) is 5.75 Å². The highest BCUT2D eigenvalue weighted by Crippen LogP contribution is 2.17. The molecule has 0 heterocycles. The summed E-state index contributed by atoms with van der Waals surface area (Å²) in [4.78, 5) is 24.1. The van der Waals surface area contributed by atoms with Gasteiger partial charge in [0.25, 0.3) is 5.91 Å². The standard InChI is InChI=1S/C20H24N2O3/c1-4-18(25-17-8-6-5-7-9-17)20(24)22-16-12-10-15(11-13-16)21-19(23)14(2)3/h5-14,18H,4H2,1-3H3,(H,21,23)(H,22,24)/t18-/m0/s1. The molecule has 0 spiro atoms. The van der Waals surface area contributed by atoms with Crippen molar-refractivity contribution in [1.29, 1.82) is 0 Å². The monoisotopic (exact) mass is 340 g/mol. The summed E-state index contributed by atoms with van der Waals surface area (Å²) in [6.07, 6.45) is -0.00814. The largest absolute Gasteiger partial charge is 0.481 e. The molecule has 0 bridgehead atoms. The molecule has 5 nitrogen and oxygen atoms in total. The van der Waals surface area contributed by atoms with Crippen LogP contribution in [0.3, 0.4) is 0 Å². The van der Waals surface area contributed by atoms with Crippen molar-refractivity contribution in [1.82, 2.24) is 0 Å². The number of hydrogen-bond donors (Lipinski definition) is 2. The third kappa shape index (κ3) is 5.64. The normalized spacial score (nSPS) is 11.7. The van der Waals surface area contributed by atoms with Gasteiger partial charge in [-0.15, -0.1) is 0 Å². The van der Waals surface area contributed by atoms with Gasteiger partial charge < -0.3 is 15.4 Å². The van der Waals surface area contributed by atoms with E-state index in [0.717, 1.165) is 0 Å². The Morgan fingerprint density at radius 2 is 1.40 bits per heavy atom. The molecule has 132 valence electrons. The molecule has 2 aromatic carbocycles. The molecule has 2 rings (SSSR count). The molecule has 0 radical (unpaired) electrons. The lowest BCUT2D eigenvalue weighted by molar-refractivity contribution is -0.123. The van der Waals surface area contributed by atoms with E-state index in [2.05, 4.69) is 10.6 Å². The van der Waals surface area contributed by atoms with Gasteiger partial charge in [-0.2, -0.15) is 0 Å². The summed E-state index contributed by atoms with van der Waals surface area (Å²) in [6.45, 7) is 5.57. The number of nitrogens with one attached hydrogen (secondary N) is 2. The maximum Gasteiger partial charge on any atom is 0.265 e. The Morgan fingerprint density at radius 3 is 1.88 bits per heavy atom. The summed E-state index contributed by atoms with van der Waals surface area (Å²) in [5, 5.41) is 5.65. The van der Waals surface area contributed by atoms with Gasteiger partial charge in [0, 0.05) is 17.3 Å². The third-order valence-corrected chi connectivity index (χ3v) is 3.63. The van der Waals surface area contributed by atoms with Crippen LogP contribution in [0.5, 0.6) is 5.75 Å². The predicted molar refractivity (Wildman–Crippen MR) is 99.7 cm³/mol. The first kappa shape index (κ1) is 18.5. The quantitative estimate of drug-likeness (QED) is 0.798. The van der Waals surface area contributed by atoms with Crippen LogP contribution in [-0.4, -0.2) is 17.9 Å². The lowest BCUT2D eigenvalue weighted by Gasteiger charge is -2.17. The van der Waals surface area contributed by atoms with E-state index in [0.29, 0.717) is 23.5 Å². The summed E-state index contributed by atoms with van der Waals surface area (Å²) in [5.74, 6) is 0.334. The fourth-order valence-electron chi connectivity index (χ4n) is 2.13. The summed E-state index contributed by atoms with van der Waals surface area (Å²) in [6, 6.07) is 16.3. The molecule has 1 atom stereocenters. The van der Waals surface area contributed by atoms with Crippen molar-refractivity contribution in [3.63, 3.8) is 0 Å². The van der Waals surface area contributed by atoms with Crippen molar-refractivity contribution in [2.24, 2.45) is 5.92 Å². The molecule has 0 unspecified atom stereocenters. The summed E-state index contributed by atoms with van der Waals surface area (Å²) < 4.78 is 5.73. The van der Waals surface area contributed by atoms with Crippen LogP contribution in [0.4, 0.5) is 11.4 Å². The van der Waals surface area contributed by atoms with Crippen LogP contribution in [0.1, 0.15) is 27.2 Å². The zero-order chi connectivity index (χ0) is 18.2. The molecule has 0 fully saturated rings. The first-order chi connectivity index (χ1) is 12.0. The van der Waals surface area contributed by atoms with Gasteiger partial charge in [0.15, 0.2) is 6.10 Å². The van der Waals surface area contributed by atoms with Crippen molar-refractivity contribution in [3.8, 4) is 5.75 Å². The molecule has 2 amide bonds. The van der Waals surface area contributed by atoms with Gasteiger partial charge in [0.2, 0.25) is 5.91 Å². The van der Waals surface area contributed by atoms with Crippen molar-refractivity contribution in [2.75, 3.05) is 10.6 Å². The van der Waals surface area contributed by atoms with Crippen molar-refractivity contribution < 1.29 is 14.3 Å². The number of carbonyl (C=O) groups excluding carboxylic acids is 2. The Hall–Kier alpha value is -2.82. The van der Waals surface area contributed by atoms with Gasteiger partial charge >= 0.3 is 0 Å². The lowest BCUT2D eigenvalue weighted by Crippen LogP contribution is -2.32. The lowest BCUT2D eigenvalue weighted by atomic mass is 10.2. The minimum atomic E-state index is -0.567. The van der Waals surface area contributed by atoms with Gasteiger partial charge in [-0.05, 0) is 42.8 Å². The zero-order valence-electron chi connectivity index (χ0n) is 14.8. The van der Waals surface area contributed by atoms with E-state index in [9.17, 15) is 9.59 Å². The van der Waals surface area contributed by atoms with E-state index >= 15 is 0 Å². The average Bonchev–Trinajstić information content (AvgIpc) is 2.62. The Bertz CT molecular complexity index is 697. The van der Waals surface area contributed by atoms with E-state index in [1.807, 2.05) is 51.1 Å². The molecular formula is C20H24N2O3. The minimum Gasteiger partial charge on any atom is -0.481 e. The molecule has 0 aliphatic rings. The molecule has 0 saturated heterocycles. The highest BCUT2D eigenvalue weighted by atomic mass is 16.5. The number of ether oxygens (including phenoxy) is 1. The number of rotatable bonds is 7. The van der Waals surface area contributed by atoms with Gasteiger partial charge in [-0.3, -0.25) is 9.59 Å². The van der Waals surface area contributed by atoms with Crippen LogP contribution < -0.4 is 15.4 Å². The molecule has 2 aromatic rings. The molecule has 0 aromatic heterocycles. The number of benzene rings is 2. The van der Waals surface area contributed by atoms with E-state index in [1.54, 1.807) is 24.3 Å². The second-order valence-electron chi connectivity index (χ2n) is 6.04. The topological polar surface area (TPSA) is 67.4 Å². The van der Waals surface area contributed by atoms with Crippen molar-refractivity contribution in [2.45, 2.75) is 33.3 Å². The average molecular weight is 340 g/mol. The Morgan fingerprint density at radius 1 is 0.880 bits per heavy atom. The van der Waals surface area contributed by atoms with E-state index in [4.69, 9.17) is 4.74 Å². The fourth-order valence-corrected chi connectivity index (χ4v) is 2.13. The van der Waals surface area contributed by atoms with Crippen molar-refractivity contribution >= 4 is 23.2 Å².